The Morgan fingerprint density at radius 1 is 1.59 bits per heavy atom. The number of imide groups is 1. The Morgan fingerprint density at radius 3 is 2.82 bits per heavy atom. The molecule has 0 aromatic carbocycles. The summed E-state index contributed by atoms with van der Waals surface area (Å²) in [5.41, 5.74) is 5.65. The lowest BCUT2D eigenvalue weighted by atomic mass is 10.0. The summed E-state index contributed by atoms with van der Waals surface area (Å²) in [6, 6.07) is -1.20. The summed E-state index contributed by atoms with van der Waals surface area (Å²) in [7, 11) is 1.43. The van der Waals surface area contributed by atoms with E-state index in [1.54, 1.807) is 0 Å². The lowest BCUT2D eigenvalue weighted by Gasteiger charge is -2.28. The van der Waals surface area contributed by atoms with Crippen molar-refractivity contribution in [1.29, 1.82) is 0 Å². The second kappa shape index (κ2) is 5.77. The highest BCUT2D eigenvalue weighted by molar-refractivity contribution is 6.01. The molecule has 3 amide bonds. The molecule has 0 aliphatic carbocycles. The SMILES string of the molecule is CCCC(N)C(=O)NC1CCC(=O)N(C)C1=O. The topological polar surface area (TPSA) is 92.5 Å². The molecule has 1 saturated heterocycles. The molecule has 2 atom stereocenters. The molecule has 0 bridgehead atoms. The average Bonchev–Trinajstić information content (AvgIpc) is 2.30. The molecule has 1 aliphatic heterocycles. The maximum atomic E-state index is 11.7. The van der Waals surface area contributed by atoms with E-state index in [0.717, 1.165) is 11.3 Å². The molecule has 6 heteroatoms. The van der Waals surface area contributed by atoms with Crippen LogP contribution in [0.2, 0.25) is 0 Å². The van der Waals surface area contributed by atoms with Crippen LogP contribution >= 0.6 is 0 Å². The predicted octanol–water partition coefficient (Wildman–Crippen LogP) is -0.623. The minimum absolute atomic E-state index is 0.210. The van der Waals surface area contributed by atoms with Crippen molar-refractivity contribution in [2.45, 2.75) is 44.7 Å². The first-order chi connectivity index (χ1) is 7.97. The third-order valence-corrected chi connectivity index (χ3v) is 2.90. The van der Waals surface area contributed by atoms with E-state index in [9.17, 15) is 14.4 Å². The number of carbonyl (C=O) groups excluding carboxylic acids is 3. The van der Waals surface area contributed by atoms with Gasteiger partial charge in [-0.1, -0.05) is 13.3 Å². The molecular weight excluding hydrogens is 222 g/mol. The number of amides is 3. The number of likely N-dealkylation sites (N-methyl/N-ethyl adjacent to an activating group) is 1. The fourth-order valence-corrected chi connectivity index (χ4v) is 1.77. The van der Waals surface area contributed by atoms with E-state index in [1.165, 1.54) is 7.05 Å². The van der Waals surface area contributed by atoms with Crippen LogP contribution in [0.3, 0.4) is 0 Å². The normalized spacial score (nSPS) is 22.5. The van der Waals surface area contributed by atoms with E-state index >= 15 is 0 Å². The summed E-state index contributed by atoms with van der Waals surface area (Å²) in [5, 5.41) is 2.60. The fraction of sp³-hybridized carbons (Fsp3) is 0.727. The first kappa shape index (κ1) is 13.6. The van der Waals surface area contributed by atoms with E-state index < -0.39 is 12.1 Å². The summed E-state index contributed by atoms with van der Waals surface area (Å²) >= 11 is 0. The minimum Gasteiger partial charge on any atom is -0.343 e. The van der Waals surface area contributed by atoms with Crippen molar-refractivity contribution < 1.29 is 14.4 Å². The van der Waals surface area contributed by atoms with Crippen LogP contribution < -0.4 is 11.1 Å². The van der Waals surface area contributed by atoms with Gasteiger partial charge in [-0.2, -0.15) is 0 Å². The number of piperidine rings is 1. The molecule has 0 spiro atoms. The Balaban J connectivity index is 2.54. The number of nitrogens with two attached hydrogens (primary N) is 1. The number of likely N-dealkylation sites (tertiary alicyclic amines) is 1. The molecule has 0 aromatic heterocycles. The van der Waals surface area contributed by atoms with Gasteiger partial charge in [0.1, 0.15) is 6.04 Å². The molecule has 17 heavy (non-hydrogen) atoms. The zero-order chi connectivity index (χ0) is 13.0. The van der Waals surface area contributed by atoms with Crippen LogP contribution in [-0.4, -0.2) is 41.8 Å². The van der Waals surface area contributed by atoms with Gasteiger partial charge in [-0.25, -0.2) is 0 Å². The Hall–Kier alpha value is -1.43. The van der Waals surface area contributed by atoms with E-state index in [0.29, 0.717) is 12.8 Å². The number of hydrogen-bond donors (Lipinski definition) is 2. The van der Waals surface area contributed by atoms with Gasteiger partial charge in [-0.05, 0) is 12.8 Å². The van der Waals surface area contributed by atoms with Gasteiger partial charge >= 0.3 is 0 Å². The second-order valence-electron chi connectivity index (χ2n) is 4.29. The van der Waals surface area contributed by atoms with Crippen molar-refractivity contribution in [2.75, 3.05) is 7.05 Å². The van der Waals surface area contributed by atoms with Crippen molar-refractivity contribution in [3.8, 4) is 0 Å². The first-order valence-corrected chi connectivity index (χ1v) is 5.83. The van der Waals surface area contributed by atoms with E-state index in [2.05, 4.69) is 5.32 Å². The zero-order valence-corrected chi connectivity index (χ0v) is 10.2. The lowest BCUT2D eigenvalue weighted by Crippen LogP contribution is -2.55. The summed E-state index contributed by atoms with van der Waals surface area (Å²) in [4.78, 5) is 35.6. The van der Waals surface area contributed by atoms with E-state index in [1.807, 2.05) is 6.92 Å². The molecular formula is C11H19N3O3. The number of nitrogens with one attached hydrogen (secondary N) is 1. The van der Waals surface area contributed by atoms with Gasteiger partial charge in [0.2, 0.25) is 11.8 Å². The average molecular weight is 241 g/mol. The number of rotatable bonds is 4. The van der Waals surface area contributed by atoms with Gasteiger partial charge < -0.3 is 11.1 Å². The van der Waals surface area contributed by atoms with Gasteiger partial charge in [0.25, 0.3) is 5.91 Å². The maximum absolute atomic E-state index is 11.7. The van der Waals surface area contributed by atoms with Crippen LogP contribution in [0.1, 0.15) is 32.6 Å². The van der Waals surface area contributed by atoms with Crippen molar-refractivity contribution in [1.82, 2.24) is 10.2 Å². The van der Waals surface area contributed by atoms with Crippen LogP contribution in [-0.2, 0) is 14.4 Å². The molecule has 0 saturated carbocycles. The molecule has 1 fully saturated rings. The van der Waals surface area contributed by atoms with Crippen molar-refractivity contribution in [3.05, 3.63) is 0 Å². The van der Waals surface area contributed by atoms with E-state index in [-0.39, 0.29) is 24.1 Å². The van der Waals surface area contributed by atoms with Crippen LogP contribution in [0.15, 0.2) is 0 Å². The Kier molecular flexibility index (Phi) is 4.62. The van der Waals surface area contributed by atoms with Crippen LogP contribution in [0.5, 0.6) is 0 Å². The monoisotopic (exact) mass is 241 g/mol. The molecule has 96 valence electrons. The smallest absolute Gasteiger partial charge is 0.251 e. The summed E-state index contributed by atoms with van der Waals surface area (Å²) in [6.45, 7) is 1.94. The second-order valence-corrected chi connectivity index (χ2v) is 4.29. The first-order valence-electron chi connectivity index (χ1n) is 5.83. The summed E-state index contributed by atoms with van der Waals surface area (Å²) in [6.07, 6.45) is 2.02. The zero-order valence-electron chi connectivity index (χ0n) is 10.2. The minimum atomic E-state index is -0.617. The molecule has 2 unspecified atom stereocenters. The Labute approximate surface area is 101 Å². The van der Waals surface area contributed by atoms with Crippen molar-refractivity contribution >= 4 is 17.7 Å². The molecule has 1 aliphatic rings. The van der Waals surface area contributed by atoms with Crippen LogP contribution in [0, 0.1) is 0 Å². The molecule has 3 N–H and O–H groups in total. The fourth-order valence-electron chi connectivity index (χ4n) is 1.77. The van der Waals surface area contributed by atoms with Crippen molar-refractivity contribution in [2.24, 2.45) is 5.73 Å². The molecule has 1 rings (SSSR count). The third-order valence-electron chi connectivity index (χ3n) is 2.90. The van der Waals surface area contributed by atoms with Crippen molar-refractivity contribution in [3.63, 3.8) is 0 Å². The predicted molar refractivity (Wildman–Crippen MR) is 61.8 cm³/mol. The third kappa shape index (κ3) is 3.26. The van der Waals surface area contributed by atoms with Crippen LogP contribution in [0.25, 0.3) is 0 Å². The highest BCUT2D eigenvalue weighted by Gasteiger charge is 2.33. The Bertz CT molecular complexity index is 330. The van der Waals surface area contributed by atoms with Crippen LogP contribution in [0.4, 0.5) is 0 Å². The molecule has 1 heterocycles. The molecule has 0 aromatic rings. The number of nitrogens with zero attached hydrogens (tertiary/aromatic N) is 1. The number of carbonyl (C=O) groups is 3. The van der Waals surface area contributed by atoms with E-state index in [4.69, 9.17) is 5.73 Å². The van der Waals surface area contributed by atoms with Gasteiger partial charge in [0, 0.05) is 13.5 Å². The van der Waals surface area contributed by atoms with Gasteiger partial charge in [-0.3, -0.25) is 19.3 Å². The standard InChI is InChI=1S/C11H19N3O3/c1-3-4-7(12)10(16)13-8-5-6-9(15)14(2)11(8)17/h7-8H,3-6,12H2,1-2H3,(H,13,16). The van der Waals surface area contributed by atoms with Gasteiger partial charge in [0.05, 0.1) is 6.04 Å². The summed E-state index contributed by atoms with van der Waals surface area (Å²) in [5.74, 6) is -0.899. The quantitative estimate of drug-likeness (QED) is 0.641. The Morgan fingerprint density at radius 2 is 2.24 bits per heavy atom. The highest BCUT2D eigenvalue weighted by Crippen LogP contribution is 2.11. The largest absolute Gasteiger partial charge is 0.343 e. The molecule has 6 nitrogen and oxygen atoms in total. The maximum Gasteiger partial charge on any atom is 0.251 e. The number of hydrogen-bond acceptors (Lipinski definition) is 4. The summed E-state index contributed by atoms with van der Waals surface area (Å²) < 4.78 is 0. The van der Waals surface area contributed by atoms with Gasteiger partial charge in [0.15, 0.2) is 0 Å². The van der Waals surface area contributed by atoms with Gasteiger partial charge in [-0.15, -0.1) is 0 Å². The molecule has 0 radical (unpaired) electrons. The highest BCUT2D eigenvalue weighted by atomic mass is 16.2. The lowest BCUT2D eigenvalue weighted by molar-refractivity contribution is -0.149.